The van der Waals surface area contributed by atoms with Gasteiger partial charge in [-0.3, -0.25) is 0 Å². The molecular formula is C13H17Cl3N2O2S. The van der Waals surface area contributed by atoms with Crippen molar-refractivity contribution in [2.45, 2.75) is 11.3 Å². The average Bonchev–Trinajstić information content (AvgIpc) is 2.64. The molecule has 1 heterocycles. The molecule has 0 amide bonds. The largest absolute Gasteiger partial charge is 0.301 e. The zero-order valence-electron chi connectivity index (χ0n) is 11.4. The Bertz CT molecular complexity index is 575. The lowest BCUT2D eigenvalue weighted by Gasteiger charge is -2.21. The molecule has 1 aromatic rings. The Kier molecular flexibility index (Phi) is 6.17. The summed E-state index contributed by atoms with van der Waals surface area (Å²) in [4.78, 5) is 2.32. The second-order valence-corrected chi connectivity index (χ2v) is 8.08. The molecule has 0 radical (unpaired) electrons. The highest BCUT2D eigenvalue weighted by molar-refractivity contribution is 7.89. The van der Waals surface area contributed by atoms with Crippen molar-refractivity contribution in [2.75, 3.05) is 38.6 Å². The third kappa shape index (κ3) is 4.47. The molecule has 21 heavy (non-hydrogen) atoms. The molecule has 0 unspecified atom stereocenters. The first-order chi connectivity index (χ1) is 9.93. The molecular weight excluding hydrogens is 355 g/mol. The maximum Gasteiger partial charge on any atom is 0.243 e. The molecule has 1 fully saturated rings. The monoisotopic (exact) mass is 370 g/mol. The number of alkyl halides is 1. The SMILES string of the molecule is O=S(=O)(c1cc(Cl)cc(Cl)c1)N1CCCN(CCCl)CC1. The van der Waals surface area contributed by atoms with E-state index >= 15 is 0 Å². The highest BCUT2D eigenvalue weighted by Gasteiger charge is 2.27. The minimum Gasteiger partial charge on any atom is -0.301 e. The van der Waals surface area contributed by atoms with Crippen LogP contribution in [0.5, 0.6) is 0 Å². The summed E-state index contributed by atoms with van der Waals surface area (Å²) >= 11 is 17.5. The summed E-state index contributed by atoms with van der Waals surface area (Å²) in [5, 5.41) is 0.638. The Balaban J connectivity index is 2.19. The summed E-state index contributed by atoms with van der Waals surface area (Å²) in [7, 11) is -3.56. The molecule has 1 aromatic carbocycles. The van der Waals surface area contributed by atoms with Gasteiger partial charge in [-0.25, -0.2) is 8.42 Å². The van der Waals surface area contributed by atoms with Crippen LogP contribution in [-0.2, 0) is 10.0 Å². The normalized spacial score (nSPS) is 18.6. The smallest absolute Gasteiger partial charge is 0.243 e. The van der Waals surface area contributed by atoms with Crippen LogP contribution in [0, 0.1) is 0 Å². The Morgan fingerprint density at radius 3 is 2.29 bits per heavy atom. The van der Waals surface area contributed by atoms with Gasteiger partial charge in [0.25, 0.3) is 0 Å². The average molecular weight is 372 g/mol. The Morgan fingerprint density at radius 2 is 1.67 bits per heavy atom. The van der Waals surface area contributed by atoms with E-state index in [1.807, 2.05) is 0 Å². The first-order valence-electron chi connectivity index (χ1n) is 6.68. The van der Waals surface area contributed by atoms with E-state index in [-0.39, 0.29) is 4.90 Å². The van der Waals surface area contributed by atoms with Crippen LogP contribution in [0.3, 0.4) is 0 Å². The van der Waals surface area contributed by atoms with Crippen molar-refractivity contribution >= 4 is 44.8 Å². The molecule has 118 valence electrons. The molecule has 0 N–H and O–H groups in total. The van der Waals surface area contributed by atoms with Crippen molar-refractivity contribution < 1.29 is 8.42 Å². The van der Waals surface area contributed by atoms with Crippen molar-refractivity contribution in [3.63, 3.8) is 0 Å². The fraction of sp³-hybridized carbons (Fsp3) is 0.538. The summed E-state index contributed by atoms with van der Waals surface area (Å²) in [6, 6.07) is 4.39. The summed E-state index contributed by atoms with van der Waals surface area (Å²) in [5.74, 6) is 0.552. The van der Waals surface area contributed by atoms with Gasteiger partial charge >= 0.3 is 0 Å². The summed E-state index contributed by atoms with van der Waals surface area (Å²) in [6.45, 7) is 3.25. The molecule has 0 atom stereocenters. The van der Waals surface area contributed by atoms with E-state index in [4.69, 9.17) is 34.8 Å². The molecule has 0 saturated carbocycles. The van der Waals surface area contributed by atoms with Crippen molar-refractivity contribution in [2.24, 2.45) is 0 Å². The summed E-state index contributed by atoms with van der Waals surface area (Å²) in [5.41, 5.74) is 0. The Labute approximate surface area is 140 Å². The predicted octanol–water partition coefficient (Wildman–Crippen LogP) is 2.93. The first kappa shape index (κ1) is 17.3. The van der Waals surface area contributed by atoms with E-state index < -0.39 is 10.0 Å². The van der Waals surface area contributed by atoms with Crippen LogP contribution in [0.25, 0.3) is 0 Å². The third-order valence-electron chi connectivity index (χ3n) is 3.42. The van der Waals surface area contributed by atoms with Crippen molar-refractivity contribution in [1.29, 1.82) is 0 Å². The van der Waals surface area contributed by atoms with Crippen LogP contribution in [-0.4, -0.2) is 56.2 Å². The fourth-order valence-corrected chi connectivity index (χ4v) is 4.79. The quantitative estimate of drug-likeness (QED) is 0.764. The van der Waals surface area contributed by atoms with Gasteiger partial charge in [-0.05, 0) is 31.2 Å². The van der Waals surface area contributed by atoms with E-state index in [1.54, 1.807) is 0 Å². The van der Waals surface area contributed by atoms with E-state index in [1.165, 1.54) is 22.5 Å². The van der Waals surface area contributed by atoms with Crippen molar-refractivity contribution in [3.8, 4) is 0 Å². The third-order valence-corrected chi connectivity index (χ3v) is 5.90. The van der Waals surface area contributed by atoms with E-state index in [0.717, 1.165) is 19.5 Å². The van der Waals surface area contributed by atoms with Gasteiger partial charge < -0.3 is 4.90 Å². The molecule has 1 saturated heterocycles. The van der Waals surface area contributed by atoms with Crippen molar-refractivity contribution in [1.82, 2.24) is 9.21 Å². The van der Waals surface area contributed by atoms with Gasteiger partial charge in [-0.15, -0.1) is 11.6 Å². The standard InChI is InChI=1S/C13H17Cl3N2O2S/c14-2-5-17-3-1-4-18(7-6-17)21(19,20)13-9-11(15)8-12(16)10-13/h8-10H,1-7H2. The van der Waals surface area contributed by atoms with Gasteiger partial charge in [0.05, 0.1) is 4.90 Å². The van der Waals surface area contributed by atoms with Crippen LogP contribution >= 0.6 is 34.8 Å². The van der Waals surface area contributed by atoms with Crippen LogP contribution in [0.15, 0.2) is 23.1 Å². The molecule has 2 rings (SSSR count). The second-order valence-electron chi connectivity index (χ2n) is 4.89. The van der Waals surface area contributed by atoms with E-state index in [9.17, 15) is 8.42 Å². The van der Waals surface area contributed by atoms with Gasteiger partial charge in [-0.2, -0.15) is 4.31 Å². The molecule has 8 heteroatoms. The Hall–Kier alpha value is -0.0400. The van der Waals surface area contributed by atoms with Crippen LogP contribution < -0.4 is 0 Å². The van der Waals surface area contributed by atoms with Crippen LogP contribution in [0.4, 0.5) is 0 Å². The second kappa shape index (κ2) is 7.49. The molecule has 1 aliphatic rings. The predicted molar refractivity (Wildman–Crippen MR) is 87.0 cm³/mol. The number of sulfonamides is 1. The Morgan fingerprint density at radius 1 is 1.00 bits per heavy atom. The summed E-state index contributed by atoms with van der Waals surface area (Å²) < 4.78 is 26.8. The highest BCUT2D eigenvalue weighted by atomic mass is 35.5. The number of benzene rings is 1. The van der Waals surface area contributed by atoms with Gasteiger partial charge in [0, 0.05) is 42.1 Å². The lowest BCUT2D eigenvalue weighted by atomic mass is 10.4. The molecule has 4 nitrogen and oxygen atoms in total. The minimum absolute atomic E-state index is 0.144. The van der Waals surface area contributed by atoms with Gasteiger partial charge in [-0.1, -0.05) is 23.2 Å². The lowest BCUT2D eigenvalue weighted by Crippen LogP contribution is -2.35. The molecule has 0 spiro atoms. The van der Waals surface area contributed by atoms with E-state index in [0.29, 0.717) is 35.6 Å². The number of hydrogen-bond acceptors (Lipinski definition) is 3. The minimum atomic E-state index is -3.56. The molecule has 1 aliphatic heterocycles. The number of rotatable bonds is 4. The number of halogens is 3. The number of hydrogen-bond donors (Lipinski definition) is 0. The fourth-order valence-electron chi connectivity index (χ4n) is 2.36. The lowest BCUT2D eigenvalue weighted by molar-refractivity contribution is 0.303. The first-order valence-corrected chi connectivity index (χ1v) is 9.41. The topological polar surface area (TPSA) is 40.6 Å². The highest BCUT2D eigenvalue weighted by Crippen LogP contribution is 2.25. The number of nitrogens with zero attached hydrogens (tertiary/aromatic N) is 2. The van der Waals surface area contributed by atoms with Crippen molar-refractivity contribution in [3.05, 3.63) is 28.2 Å². The zero-order chi connectivity index (χ0) is 15.5. The molecule has 0 aliphatic carbocycles. The summed E-state index contributed by atoms with van der Waals surface area (Å²) in [6.07, 6.45) is 0.782. The van der Waals surface area contributed by atoms with Crippen LogP contribution in [0.2, 0.25) is 10.0 Å². The van der Waals surface area contributed by atoms with Gasteiger partial charge in [0.2, 0.25) is 10.0 Å². The molecule has 0 aromatic heterocycles. The van der Waals surface area contributed by atoms with Gasteiger partial charge in [0.15, 0.2) is 0 Å². The van der Waals surface area contributed by atoms with E-state index in [2.05, 4.69) is 4.90 Å². The maximum atomic E-state index is 12.7. The maximum absolute atomic E-state index is 12.7. The molecule has 0 bridgehead atoms. The zero-order valence-corrected chi connectivity index (χ0v) is 14.5. The van der Waals surface area contributed by atoms with Crippen LogP contribution in [0.1, 0.15) is 6.42 Å². The van der Waals surface area contributed by atoms with Gasteiger partial charge in [0.1, 0.15) is 0 Å².